The molecule has 14 heavy (non-hydrogen) atoms. The zero-order valence-electron chi connectivity index (χ0n) is 9.37. The van der Waals surface area contributed by atoms with Crippen molar-refractivity contribution in [2.75, 3.05) is 13.3 Å². The van der Waals surface area contributed by atoms with Crippen molar-refractivity contribution < 1.29 is 0 Å². The summed E-state index contributed by atoms with van der Waals surface area (Å²) >= 11 is 1.78. The molecule has 0 bridgehead atoms. The first-order valence-corrected chi connectivity index (χ1v) is 6.22. The highest BCUT2D eigenvalue weighted by Gasteiger charge is 2.12. The molecule has 78 valence electrons. The lowest BCUT2D eigenvalue weighted by atomic mass is 9.96. The summed E-state index contributed by atoms with van der Waals surface area (Å²) in [6.45, 7) is 4.48. The van der Waals surface area contributed by atoms with E-state index in [4.69, 9.17) is 0 Å². The summed E-state index contributed by atoms with van der Waals surface area (Å²) in [5, 5.41) is 3.35. The van der Waals surface area contributed by atoms with Crippen molar-refractivity contribution in [3.63, 3.8) is 0 Å². The minimum absolute atomic E-state index is 0.464. The van der Waals surface area contributed by atoms with Crippen LogP contribution in [0.25, 0.3) is 0 Å². The molecule has 0 radical (unpaired) electrons. The van der Waals surface area contributed by atoms with Crippen molar-refractivity contribution in [3.8, 4) is 0 Å². The molecular formula is C12H19NS. The van der Waals surface area contributed by atoms with E-state index in [-0.39, 0.29) is 0 Å². The Balaban J connectivity index is 2.84. The largest absolute Gasteiger partial charge is 0.313 e. The molecule has 1 aromatic carbocycles. The fourth-order valence-electron chi connectivity index (χ4n) is 1.70. The Bertz CT molecular complexity index is 266. The Labute approximate surface area is 91.3 Å². The van der Waals surface area contributed by atoms with Crippen LogP contribution in [0.5, 0.6) is 0 Å². The van der Waals surface area contributed by atoms with Crippen molar-refractivity contribution in [2.24, 2.45) is 5.92 Å². The number of hydrogen-bond donors (Lipinski definition) is 1. The highest BCUT2D eigenvalue weighted by molar-refractivity contribution is 7.98. The molecule has 0 saturated carbocycles. The van der Waals surface area contributed by atoms with E-state index in [0.717, 1.165) is 0 Å². The van der Waals surface area contributed by atoms with Crippen molar-refractivity contribution in [2.45, 2.75) is 24.8 Å². The van der Waals surface area contributed by atoms with Gasteiger partial charge in [0.2, 0.25) is 0 Å². The first-order valence-electron chi connectivity index (χ1n) is 5.00. The van der Waals surface area contributed by atoms with Gasteiger partial charge in [0.05, 0.1) is 0 Å². The van der Waals surface area contributed by atoms with E-state index >= 15 is 0 Å². The zero-order valence-corrected chi connectivity index (χ0v) is 10.2. The Hall–Kier alpha value is -0.470. The molecule has 0 aromatic heterocycles. The average Bonchev–Trinajstić information content (AvgIpc) is 2.19. The summed E-state index contributed by atoms with van der Waals surface area (Å²) in [4.78, 5) is 1.33. The van der Waals surface area contributed by atoms with Crippen LogP contribution in [0.2, 0.25) is 0 Å². The summed E-state index contributed by atoms with van der Waals surface area (Å²) < 4.78 is 0. The SMILES string of the molecule is CNC(c1ccc(SC)cc1)C(C)C. The van der Waals surface area contributed by atoms with Crippen molar-refractivity contribution in [1.29, 1.82) is 0 Å². The molecule has 1 nitrogen and oxygen atoms in total. The van der Waals surface area contributed by atoms with Gasteiger partial charge in [-0.1, -0.05) is 26.0 Å². The summed E-state index contributed by atoms with van der Waals surface area (Å²) in [6, 6.07) is 9.27. The fraction of sp³-hybridized carbons (Fsp3) is 0.500. The molecule has 1 rings (SSSR count). The van der Waals surface area contributed by atoms with Crippen molar-refractivity contribution in [3.05, 3.63) is 29.8 Å². The number of rotatable bonds is 4. The van der Waals surface area contributed by atoms with Gasteiger partial charge in [0.15, 0.2) is 0 Å². The van der Waals surface area contributed by atoms with Crippen molar-refractivity contribution in [1.82, 2.24) is 5.32 Å². The second-order valence-electron chi connectivity index (χ2n) is 3.78. The number of hydrogen-bond acceptors (Lipinski definition) is 2. The van der Waals surface area contributed by atoms with Crippen LogP contribution in [-0.4, -0.2) is 13.3 Å². The van der Waals surface area contributed by atoms with Gasteiger partial charge in [-0.15, -0.1) is 11.8 Å². The Morgan fingerprint density at radius 2 is 1.71 bits per heavy atom. The molecule has 0 saturated heterocycles. The Morgan fingerprint density at radius 3 is 2.07 bits per heavy atom. The Kier molecular flexibility index (Phi) is 4.49. The molecule has 1 atom stereocenters. The van der Waals surface area contributed by atoms with E-state index in [1.165, 1.54) is 10.5 Å². The van der Waals surface area contributed by atoms with Crippen LogP contribution in [0.4, 0.5) is 0 Å². The lowest BCUT2D eigenvalue weighted by molar-refractivity contribution is 0.443. The van der Waals surface area contributed by atoms with Gasteiger partial charge in [0.1, 0.15) is 0 Å². The molecule has 0 spiro atoms. The van der Waals surface area contributed by atoms with Gasteiger partial charge < -0.3 is 5.32 Å². The van der Waals surface area contributed by atoms with E-state index in [0.29, 0.717) is 12.0 Å². The molecule has 2 heteroatoms. The maximum absolute atomic E-state index is 3.35. The van der Waals surface area contributed by atoms with Crippen LogP contribution in [0, 0.1) is 5.92 Å². The normalized spacial score (nSPS) is 13.2. The highest BCUT2D eigenvalue weighted by atomic mass is 32.2. The van der Waals surface area contributed by atoms with E-state index in [2.05, 4.69) is 49.7 Å². The maximum atomic E-state index is 3.35. The molecular weight excluding hydrogens is 190 g/mol. The van der Waals surface area contributed by atoms with Gasteiger partial charge in [-0.2, -0.15) is 0 Å². The van der Waals surface area contributed by atoms with Crippen LogP contribution in [0.1, 0.15) is 25.5 Å². The molecule has 0 aliphatic carbocycles. The van der Waals surface area contributed by atoms with Gasteiger partial charge >= 0.3 is 0 Å². The lowest BCUT2D eigenvalue weighted by Crippen LogP contribution is -2.21. The molecule has 0 aliphatic rings. The third-order valence-corrected chi connectivity index (χ3v) is 3.20. The van der Waals surface area contributed by atoms with Gasteiger partial charge in [0.25, 0.3) is 0 Å². The lowest BCUT2D eigenvalue weighted by Gasteiger charge is -2.20. The van der Waals surface area contributed by atoms with Crippen LogP contribution in [-0.2, 0) is 0 Å². The maximum Gasteiger partial charge on any atom is 0.0340 e. The van der Waals surface area contributed by atoms with E-state index < -0.39 is 0 Å². The standard InChI is InChI=1S/C12H19NS/c1-9(2)12(13-3)10-5-7-11(14-4)8-6-10/h5-9,12-13H,1-4H3. The quantitative estimate of drug-likeness (QED) is 0.763. The van der Waals surface area contributed by atoms with Gasteiger partial charge in [-0.05, 0) is 36.9 Å². The first-order chi connectivity index (χ1) is 6.69. The minimum Gasteiger partial charge on any atom is -0.313 e. The van der Waals surface area contributed by atoms with Crippen LogP contribution in [0.15, 0.2) is 29.2 Å². The smallest absolute Gasteiger partial charge is 0.0340 e. The predicted molar refractivity (Wildman–Crippen MR) is 64.9 cm³/mol. The zero-order chi connectivity index (χ0) is 10.6. The predicted octanol–water partition coefficient (Wildman–Crippen LogP) is 3.33. The molecule has 1 unspecified atom stereocenters. The summed E-state index contributed by atoms with van der Waals surface area (Å²) in [7, 11) is 2.02. The molecule has 0 fully saturated rings. The van der Waals surface area contributed by atoms with Crippen LogP contribution < -0.4 is 5.32 Å². The Morgan fingerprint density at radius 1 is 1.14 bits per heavy atom. The monoisotopic (exact) mass is 209 g/mol. The molecule has 0 heterocycles. The second kappa shape index (κ2) is 5.42. The summed E-state index contributed by atoms with van der Waals surface area (Å²) in [5.74, 6) is 0.625. The fourth-order valence-corrected chi connectivity index (χ4v) is 2.10. The summed E-state index contributed by atoms with van der Waals surface area (Å²) in [6.07, 6.45) is 2.10. The van der Waals surface area contributed by atoms with Gasteiger partial charge in [-0.25, -0.2) is 0 Å². The molecule has 0 aliphatic heterocycles. The third kappa shape index (κ3) is 2.76. The molecule has 1 N–H and O–H groups in total. The number of thioether (sulfide) groups is 1. The minimum atomic E-state index is 0.464. The van der Waals surface area contributed by atoms with Gasteiger partial charge in [-0.3, -0.25) is 0 Å². The van der Waals surface area contributed by atoms with E-state index in [1.807, 2.05) is 7.05 Å². The third-order valence-electron chi connectivity index (χ3n) is 2.45. The van der Waals surface area contributed by atoms with Crippen LogP contribution >= 0.6 is 11.8 Å². The van der Waals surface area contributed by atoms with E-state index in [1.54, 1.807) is 11.8 Å². The molecule has 0 amide bonds. The first kappa shape index (κ1) is 11.6. The average molecular weight is 209 g/mol. The molecule has 1 aromatic rings. The second-order valence-corrected chi connectivity index (χ2v) is 4.66. The van der Waals surface area contributed by atoms with Crippen LogP contribution in [0.3, 0.4) is 0 Å². The van der Waals surface area contributed by atoms with Gasteiger partial charge in [0, 0.05) is 10.9 Å². The number of nitrogens with one attached hydrogen (secondary N) is 1. The highest BCUT2D eigenvalue weighted by Crippen LogP contribution is 2.23. The topological polar surface area (TPSA) is 12.0 Å². The summed E-state index contributed by atoms with van der Waals surface area (Å²) in [5.41, 5.74) is 1.38. The number of benzene rings is 1. The van der Waals surface area contributed by atoms with E-state index in [9.17, 15) is 0 Å². The van der Waals surface area contributed by atoms with Crippen molar-refractivity contribution >= 4 is 11.8 Å².